The van der Waals surface area contributed by atoms with Crippen molar-refractivity contribution in [1.82, 2.24) is 15.5 Å². The highest BCUT2D eigenvalue weighted by molar-refractivity contribution is 14.0. The van der Waals surface area contributed by atoms with E-state index < -0.39 is 0 Å². The Balaban J connectivity index is 0.00000363. The minimum atomic E-state index is -0.134. The van der Waals surface area contributed by atoms with Crippen LogP contribution in [0, 0.1) is 0 Å². The summed E-state index contributed by atoms with van der Waals surface area (Å²) in [6.07, 6.45) is 0. The Morgan fingerprint density at radius 2 is 1.75 bits per heavy atom. The fourth-order valence-electron chi connectivity index (χ4n) is 3.25. The molecule has 0 saturated carbocycles. The lowest BCUT2D eigenvalue weighted by molar-refractivity contribution is 0.0827. The van der Waals surface area contributed by atoms with Crippen molar-refractivity contribution < 1.29 is 14.3 Å². The molecule has 32 heavy (non-hydrogen) atoms. The van der Waals surface area contributed by atoms with Crippen molar-refractivity contribution in [3.05, 3.63) is 59.2 Å². The Morgan fingerprint density at radius 3 is 2.41 bits per heavy atom. The summed E-state index contributed by atoms with van der Waals surface area (Å²) in [4.78, 5) is 18.3. The quantitative estimate of drug-likeness (QED) is 0.311. The van der Waals surface area contributed by atoms with Gasteiger partial charge in [-0.3, -0.25) is 4.79 Å². The molecule has 0 unspecified atom stereocenters. The van der Waals surface area contributed by atoms with Crippen LogP contribution >= 0.6 is 24.0 Å². The number of guanidine groups is 1. The van der Waals surface area contributed by atoms with Gasteiger partial charge in [0.15, 0.2) is 17.5 Å². The van der Waals surface area contributed by atoms with E-state index in [9.17, 15) is 4.79 Å². The molecule has 0 radical (unpaired) electrons. The zero-order valence-corrected chi connectivity index (χ0v) is 21.7. The summed E-state index contributed by atoms with van der Waals surface area (Å²) in [5, 5.41) is 6.74. The van der Waals surface area contributed by atoms with Crippen LogP contribution in [0.25, 0.3) is 0 Å². The van der Waals surface area contributed by atoms with Crippen molar-refractivity contribution in [2.24, 2.45) is 4.99 Å². The fourth-order valence-corrected chi connectivity index (χ4v) is 3.25. The molecule has 7 nitrogen and oxygen atoms in total. The van der Waals surface area contributed by atoms with E-state index in [1.54, 1.807) is 19.0 Å². The van der Waals surface area contributed by atoms with Crippen molar-refractivity contribution in [2.75, 3.05) is 34.0 Å². The number of rotatable bonds is 7. The smallest absolute Gasteiger partial charge is 0.253 e. The van der Waals surface area contributed by atoms with Crippen LogP contribution < -0.4 is 20.1 Å². The summed E-state index contributed by atoms with van der Waals surface area (Å²) in [7, 11) is 3.50. The third kappa shape index (κ3) is 6.51. The third-order valence-electron chi connectivity index (χ3n) is 5.22. The number of fused-ring (bicyclic) bond motifs is 1. The maximum Gasteiger partial charge on any atom is 0.253 e. The number of carbonyl (C=O) groups excluding carboxylic acids is 1. The van der Waals surface area contributed by atoms with E-state index in [0.29, 0.717) is 18.7 Å². The van der Waals surface area contributed by atoms with Gasteiger partial charge in [0, 0.05) is 38.2 Å². The van der Waals surface area contributed by atoms with Crippen LogP contribution in [0.5, 0.6) is 11.5 Å². The summed E-state index contributed by atoms with van der Waals surface area (Å²) in [6.45, 7) is 8.68. The Labute approximate surface area is 207 Å². The van der Waals surface area contributed by atoms with Gasteiger partial charge in [0.25, 0.3) is 5.91 Å². The van der Waals surface area contributed by atoms with Gasteiger partial charge in [-0.1, -0.05) is 32.0 Å². The topological polar surface area (TPSA) is 75.2 Å². The van der Waals surface area contributed by atoms with Crippen LogP contribution in [-0.4, -0.2) is 50.7 Å². The molecule has 2 aromatic carbocycles. The summed E-state index contributed by atoms with van der Waals surface area (Å²) >= 11 is 0. The number of nitrogens with zero attached hydrogens (tertiary/aromatic N) is 2. The van der Waals surface area contributed by atoms with Gasteiger partial charge in [0.1, 0.15) is 0 Å². The molecule has 1 aliphatic heterocycles. The number of hydrogen-bond donors (Lipinski definition) is 2. The molecule has 174 valence electrons. The summed E-state index contributed by atoms with van der Waals surface area (Å²) < 4.78 is 10.9. The first kappa shape index (κ1) is 25.8. The number of benzene rings is 2. The van der Waals surface area contributed by atoms with Crippen LogP contribution in [0.15, 0.2) is 47.5 Å². The van der Waals surface area contributed by atoms with Crippen LogP contribution in [0.1, 0.15) is 42.3 Å². The van der Waals surface area contributed by atoms with E-state index in [-0.39, 0.29) is 42.1 Å². The van der Waals surface area contributed by atoms with Gasteiger partial charge in [-0.05, 0) is 42.3 Å². The summed E-state index contributed by atoms with van der Waals surface area (Å²) in [6, 6.07) is 13.7. The van der Waals surface area contributed by atoms with Crippen LogP contribution in [0.3, 0.4) is 0 Å². The minimum absolute atomic E-state index is 0. The number of ether oxygens (including phenoxy) is 2. The Hall–Kier alpha value is -2.49. The molecule has 0 saturated heterocycles. The zero-order chi connectivity index (χ0) is 22.4. The lowest BCUT2D eigenvalue weighted by Gasteiger charge is -2.27. The first-order chi connectivity index (χ1) is 14.8. The number of halogens is 1. The van der Waals surface area contributed by atoms with Gasteiger partial charge in [-0.25, -0.2) is 4.99 Å². The third-order valence-corrected chi connectivity index (χ3v) is 5.22. The van der Waals surface area contributed by atoms with Crippen LogP contribution in [-0.2, 0) is 12.0 Å². The standard InChI is InChI=1S/C24H32N4O3.HI/c1-6-25-23(26-14-17-7-9-18(10-8-17)22(29)28(4)5)27-15-24(2,3)19-11-12-20-21(13-19)31-16-30-20;/h7-13H,6,14-16H2,1-5H3,(H2,25,26,27);1H. The Kier molecular flexibility index (Phi) is 9.18. The maximum atomic E-state index is 12.0. The number of hydrogen-bond acceptors (Lipinski definition) is 4. The van der Waals surface area contributed by atoms with Crippen molar-refractivity contribution in [3.63, 3.8) is 0 Å². The highest BCUT2D eigenvalue weighted by Crippen LogP contribution is 2.36. The van der Waals surface area contributed by atoms with E-state index >= 15 is 0 Å². The second-order valence-corrected chi connectivity index (χ2v) is 8.40. The second-order valence-electron chi connectivity index (χ2n) is 8.40. The van der Waals surface area contributed by atoms with Crippen molar-refractivity contribution in [1.29, 1.82) is 0 Å². The molecule has 0 fully saturated rings. The monoisotopic (exact) mass is 552 g/mol. The van der Waals surface area contributed by atoms with E-state index in [1.165, 1.54) is 5.56 Å². The minimum Gasteiger partial charge on any atom is -0.454 e. The Morgan fingerprint density at radius 1 is 1.06 bits per heavy atom. The van der Waals surface area contributed by atoms with Gasteiger partial charge < -0.3 is 25.0 Å². The molecule has 2 aromatic rings. The van der Waals surface area contributed by atoms with Gasteiger partial charge in [0.05, 0.1) is 6.54 Å². The number of amides is 1. The average Bonchev–Trinajstić information content (AvgIpc) is 3.23. The molecular formula is C24H33IN4O3. The lowest BCUT2D eigenvalue weighted by Crippen LogP contribution is -2.43. The molecule has 8 heteroatoms. The van der Waals surface area contributed by atoms with Gasteiger partial charge in [0.2, 0.25) is 6.79 Å². The molecule has 0 atom stereocenters. The molecule has 0 spiro atoms. The first-order valence-corrected chi connectivity index (χ1v) is 10.5. The van der Waals surface area contributed by atoms with E-state index in [1.807, 2.05) is 43.3 Å². The molecule has 0 aromatic heterocycles. The normalized spacial score (nSPS) is 12.7. The molecule has 2 N–H and O–H groups in total. The van der Waals surface area contributed by atoms with Crippen molar-refractivity contribution in [2.45, 2.75) is 32.7 Å². The van der Waals surface area contributed by atoms with Gasteiger partial charge >= 0.3 is 0 Å². The molecule has 1 heterocycles. The predicted molar refractivity (Wildman–Crippen MR) is 138 cm³/mol. The first-order valence-electron chi connectivity index (χ1n) is 10.5. The second kappa shape index (κ2) is 11.4. The highest BCUT2D eigenvalue weighted by Gasteiger charge is 2.24. The maximum absolute atomic E-state index is 12.0. The van der Waals surface area contributed by atoms with Crippen LogP contribution in [0.2, 0.25) is 0 Å². The van der Waals surface area contributed by atoms with Gasteiger partial charge in [-0.15, -0.1) is 24.0 Å². The molecule has 0 aliphatic carbocycles. The molecular weight excluding hydrogens is 519 g/mol. The molecule has 1 aliphatic rings. The highest BCUT2D eigenvalue weighted by atomic mass is 127. The predicted octanol–water partition coefficient (Wildman–Crippen LogP) is 3.77. The fraction of sp³-hybridized carbons (Fsp3) is 0.417. The summed E-state index contributed by atoms with van der Waals surface area (Å²) in [5.41, 5.74) is 2.75. The SMILES string of the molecule is CCNC(=NCc1ccc(C(=O)N(C)C)cc1)NCC(C)(C)c1ccc2c(c1)OCO2.I. The van der Waals surface area contributed by atoms with E-state index in [4.69, 9.17) is 14.5 Å². The van der Waals surface area contributed by atoms with E-state index in [0.717, 1.165) is 29.6 Å². The molecule has 1 amide bonds. The molecule has 3 rings (SSSR count). The number of aliphatic imine (C=N–C) groups is 1. The van der Waals surface area contributed by atoms with Crippen LogP contribution in [0.4, 0.5) is 0 Å². The molecule has 0 bridgehead atoms. The average molecular weight is 552 g/mol. The van der Waals surface area contributed by atoms with E-state index in [2.05, 4.69) is 30.5 Å². The number of nitrogens with one attached hydrogen (secondary N) is 2. The summed E-state index contributed by atoms with van der Waals surface area (Å²) in [5.74, 6) is 2.34. The van der Waals surface area contributed by atoms with Crippen molar-refractivity contribution in [3.8, 4) is 11.5 Å². The van der Waals surface area contributed by atoms with Crippen molar-refractivity contribution >= 4 is 35.8 Å². The largest absolute Gasteiger partial charge is 0.454 e. The number of carbonyl (C=O) groups is 1. The zero-order valence-electron chi connectivity index (χ0n) is 19.4. The Bertz CT molecular complexity index is 943. The van der Waals surface area contributed by atoms with Gasteiger partial charge in [-0.2, -0.15) is 0 Å². The lowest BCUT2D eigenvalue weighted by atomic mass is 9.84.